The Bertz CT molecular complexity index is 595. The number of hydrogen-bond acceptors (Lipinski definition) is 5. The fourth-order valence-corrected chi connectivity index (χ4v) is 3.53. The molecule has 1 fully saturated rings. The molecule has 2 aromatic rings. The van der Waals surface area contributed by atoms with Crippen LogP contribution in [0.15, 0.2) is 28.7 Å². The van der Waals surface area contributed by atoms with Gasteiger partial charge in [0.15, 0.2) is 11.5 Å². The van der Waals surface area contributed by atoms with E-state index in [2.05, 4.69) is 21.7 Å². The third kappa shape index (κ3) is 4.35. The molecule has 0 radical (unpaired) electrons. The molecule has 0 N–H and O–H groups in total. The molecule has 5 nitrogen and oxygen atoms in total. The summed E-state index contributed by atoms with van der Waals surface area (Å²) in [5.74, 6) is 0.863. The van der Waals surface area contributed by atoms with Crippen LogP contribution in [0, 0.1) is 0 Å². The van der Waals surface area contributed by atoms with Crippen molar-refractivity contribution in [3.63, 3.8) is 0 Å². The van der Waals surface area contributed by atoms with Gasteiger partial charge in [-0.25, -0.2) is 4.98 Å². The molecule has 1 aromatic carbocycles. The molecule has 24 heavy (non-hydrogen) atoms. The molecule has 1 aliphatic heterocycles. The highest BCUT2D eigenvalue weighted by molar-refractivity contribution is 5.72. The molecule has 0 bridgehead atoms. The van der Waals surface area contributed by atoms with Crippen LogP contribution < -0.4 is 0 Å². The first kappa shape index (κ1) is 17.4. The number of para-hydroxylation sites is 2. The molecular formula is C19H29N3O2. The molecule has 0 amide bonds. The van der Waals surface area contributed by atoms with Crippen molar-refractivity contribution in [3.8, 4) is 0 Å². The van der Waals surface area contributed by atoms with Gasteiger partial charge in [0.2, 0.25) is 0 Å². The number of aromatic nitrogens is 1. The monoisotopic (exact) mass is 331 g/mol. The van der Waals surface area contributed by atoms with E-state index in [1.165, 1.54) is 6.42 Å². The van der Waals surface area contributed by atoms with Crippen LogP contribution in [0.1, 0.15) is 25.7 Å². The minimum Gasteiger partial charge on any atom is -0.441 e. The van der Waals surface area contributed by atoms with Crippen LogP contribution in [-0.4, -0.2) is 67.3 Å². The van der Waals surface area contributed by atoms with E-state index in [9.17, 15) is 0 Å². The summed E-state index contributed by atoms with van der Waals surface area (Å²) in [5.41, 5.74) is 1.86. The van der Waals surface area contributed by atoms with Crippen molar-refractivity contribution in [1.29, 1.82) is 0 Å². The van der Waals surface area contributed by atoms with E-state index < -0.39 is 0 Å². The van der Waals surface area contributed by atoms with E-state index in [-0.39, 0.29) is 0 Å². The molecule has 1 unspecified atom stereocenters. The highest BCUT2D eigenvalue weighted by Crippen LogP contribution is 2.17. The number of aryl methyl sites for hydroxylation is 1. The van der Waals surface area contributed by atoms with E-state index in [0.29, 0.717) is 6.04 Å². The SMILES string of the molecule is CCC1CN(CCCc2nc3ccccc3o2)CCN1CCOC. The van der Waals surface area contributed by atoms with Gasteiger partial charge < -0.3 is 14.1 Å². The predicted molar refractivity (Wildman–Crippen MR) is 96.3 cm³/mol. The third-order valence-electron chi connectivity index (χ3n) is 4.95. The lowest BCUT2D eigenvalue weighted by atomic mass is 10.1. The minimum atomic E-state index is 0.651. The zero-order valence-electron chi connectivity index (χ0n) is 14.9. The van der Waals surface area contributed by atoms with Gasteiger partial charge in [-0.1, -0.05) is 19.1 Å². The van der Waals surface area contributed by atoms with Crippen LogP contribution in [0.2, 0.25) is 0 Å². The number of nitrogens with zero attached hydrogens (tertiary/aromatic N) is 3. The number of rotatable bonds is 8. The Kier molecular flexibility index (Phi) is 6.24. The number of ether oxygens (including phenoxy) is 1. The van der Waals surface area contributed by atoms with Crippen molar-refractivity contribution in [2.24, 2.45) is 0 Å². The highest BCUT2D eigenvalue weighted by atomic mass is 16.5. The Morgan fingerprint density at radius 3 is 2.92 bits per heavy atom. The topological polar surface area (TPSA) is 41.7 Å². The smallest absolute Gasteiger partial charge is 0.195 e. The quantitative estimate of drug-likeness (QED) is 0.744. The molecule has 5 heteroatoms. The lowest BCUT2D eigenvalue weighted by molar-refractivity contribution is 0.0492. The second kappa shape index (κ2) is 8.60. The van der Waals surface area contributed by atoms with Crippen molar-refractivity contribution >= 4 is 11.1 Å². The zero-order chi connectivity index (χ0) is 16.8. The molecule has 0 aliphatic carbocycles. The van der Waals surface area contributed by atoms with E-state index in [4.69, 9.17) is 9.15 Å². The average Bonchev–Trinajstić information content (AvgIpc) is 3.03. The minimum absolute atomic E-state index is 0.651. The maximum Gasteiger partial charge on any atom is 0.195 e. The lowest BCUT2D eigenvalue weighted by Gasteiger charge is -2.41. The van der Waals surface area contributed by atoms with E-state index in [1.54, 1.807) is 7.11 Å². The molecule has 3 rings (SSSR count). The molecule has 132 valence electrons. The van der Waals surface area contributed by atoms with Crippen LogP contribution in [0.5, 0.6) is 0 Å². The fraction of sp³-hybridized carbons (Fsp3) is 0.632. The van der Waals surface area contributed by atoms with Gasteiger partial charge in [0.1, 0.15) is 5.52 Å². The second-order valence-electron chi connectivity index (χ2n) is 6.57. The molecule has 1 saturated heterocycles. The van der Waals surface area contributed by atoms with E-state index in [0.717, 1.165) is 69.2 Å². The van der Waals surface area contributed by atoms with Crippen LogP contribution >= 0.6 is 0 Å². The van der Waals surface area contributed by atoms with Gasteiger partial charge in [-0.15, -0.1) is 0 Å². The van der Waals surface area contributed by atoms with Crippen LogP contribution in [0.25, 0.3) is 11.1 Å². The maximum absolute atomic E-state index is 5.81. The summed E-state index contributed by atoms with van der Waals surface area (Å²) >= 11 is 0. The number of oxazole rings is 1. The van der Waals surface area contributed by atoms with Gasteiger partial charge >= 0.3 is 0 Å². The van der Waals surface area contributed by atoms with Crippen molar-refractivity contribution in [3.05, 3.63) is 30.2 Å². The van der Waals surface area contributed by atoms with Gasteiger partial charge in [-0.3, -0.25) is 4.90 Å². The highest BCUT2D eigenvalue weighted by Gasteiger charge is 2.24. The Morgan fingerprint density at radius 2 is 2.12 bits per heavy atom. The number of methoxy groups -OCH3 is 1. The number of hydrogen-bond donors (Lipinski definition) is 0. The standard InChI is InChI=1S/C19H29N3O2/c1-3-16-15-21(11-12-22(16)13-14-23-2)10-6-9-19-20-17-7-4-5-8-18(17)24-19/h4-5,7-8,16H,3,6,9-15H2,1-2H3. The van der Waals surface area contributed by atoms with Crippen molar-refractivity contribution in [1.82, 2.24) is 14.8 Å². The lowest BCUT2D eigenvalue weighted by Crippen LogP contribution is -2.53. The van der Waals surface area contributed by atoms with Gasteiger partial charge in [0, 0.05) is 45.8 Å². The largest absolute Gasteiger partial charge is 0.441 e. The van der Waals surface area contributed by atoms with Crippen molar-refractivity contribution in [2.45, 2.75) is 32.2 Å². The fourth-order valence-electron chi connectivity index (χ4n) is 3.53. The summed E-state index contributed by atoms with van der Waals surface area (Å²) in [7, 11) is 1.78. The molecule has 2 heterocycles. The Hall–Kier alpha value is -1.43. The predicted octanol–water partition coefficient (Wildman–Crippen LogP) is 2.80. The molecule has 0 saturated carbocycles. The zero-order valence-corrected chi connectivity index (χ0v) is 14.9. The van der Waals surface area contributed by atoms with Crippen LogP contribution in [0.3, 0.4) is 0 Å². The first-order chi connectivity index (χ1) is 11.8. The Morgan fingerprint density at radius 1 is 1.25 bits per heavy atom. The molecule has 0 spiro atoms. The van der Waals surface area contributed by atoms with E-state index >= 15 is 0 Å². The molecular weight excluding hydrogens is 302 g/mol. The summed E-state index contributed by atoms with van der Waals surface area (Å²) < 4.78 is 11.0. The summed E-state index contributed by atoms with van der Waals surface area (Å²) in [6, 6.07) is 8.64. The summed E-state index contributed by atoms with van der Waals surface area (Å²) in [4.78, 5) is 9.72. The maximum atomic E-state index is 5.81. The number of benzene rings is 1. The van der Waals surface area contributed by atoms with Gasteiger partial charge in [0.25, 0.3) is 0 Å². The summed E-state index contributed by atoms with van der Waals surface area (Å²) in [6.45, 7) is 8.73. The summed E-state index contributed by atoms with van der Waals surface area (Å²) in [6.07, 6.45) is 3.21. The van der Waals surface area contributed by atoms with Gasteiger partial charge in [-0.05, 0) is 31.5 Å². The first-order valence-corrected chi connectivity index (χ1v) is 9.10. The van der Waals surface area contributed by atoms with Crippen LogP contribution in [0.4, 0.5) is 0 Å². The van der Waals surface area contributed by atoms with Gasteiger partial charge in [-0.2, -0.15) is 0 Å². The van der Waals surface area contributed by atoms with Crippen molar-refractivity contribution < 1.29 is 9.15 Å². The summed E-state index contributed by atoms with van der Waals surface area (Å²) in [5, 5.41) is 0. The second-order valence-corrected chi connectivity index (χ2v) is 6.57. The van der Waals surface area contributed by atoms with Crippen LogP contribution in [-0.2, 0) is 11.2 Å². The molecule has 1 aromatic heterocycles. The number of fused-ring (bicyclic) bond motifs is 1. The van der Waals surface area contributed by atoms with E-state index in [1.807, 2.05) is 24.3 Å². The number of piperazine rings is 1. The van der Waals surface area contributed by atoms with Gasteiger partial charge in [0.05, 0.1) is 6.61 Å². The average molecular weight is 331 g/mol. The molecule has 1 atom stereocenters. The Labute approximate surface area is 144 Å². The Balaban J connectivity index is 1.45. The molecule has 1 aliphatic rings. The van der Waals surface area contributed by atoms with Crippen molar-refractivity contribution in [2.75, 3.05) is 46.4 Å². The third-order valence-corrected chi connectivity index (χ3v) is 4.95. The first-order valence-electron chi connectivity index (χ1n) is 9.10. The normalized spacial score (nSPS) is 20.0.